The average Bonchev–Trinajstić information content (AvgIpc) is 2.45. The highest BCUT2D eigenvalue weighted by atomic mass is 32.2. The van der Waals surface area contributed by atoms with Gasteiger partial charge in [-0.2, -0.15) is 0 Å². The highest BCUT2D eigenvalue weighted by molar-refractivity contribution is 8.00. The zero-order valence-corrected chi connectivity index (χ0v) is 11.9. The van der Waals surface area contributed by atoms with Crippen LogP contribution in [0.15, 0.2) is 47.4 Å². The molecule has 0 heterocycles. The molecule has 110 valence electrons. The maximum absolute atomic E-state index is 13.5. The third kappa shape index (κ3) is 4.01. The third-order valence-corrected chi connectivity index (χ3v) is 3.83. The van der Waals surface area contributed by atoms with E-state index in [4.69, 9.17) is 0 Å². The number of amides is 1. The highest BCUT2D eigenvalue weighted by Gasteiger charge is 2.18. The molecular formula is C15H12F3NOS. The first-order chi connectivity index (χ1) is 9.97. The smallest absolute Gasteiger partial charge is 0.237 e. The highest BCUT2D eigenvalue weighted by Crippen LogP contribution is 2.27. The second-order valence-electron chi connectivity index (χ2n) is 4.30. The molecule has 6 heteroatoms. The fourth-order valence-corrected chi connectivity index (χ4v) is 2.52. The van der Waals surface area contributed by atoms with Gasteiger partial charge in [0.1, 0.15) is 17.5 Å². The van der Waals surface area contributed by atoms with Crippen LogP contribution in [0.3, 0.4) is 0 Å². The van der Waals surface area contributed by atoms with Gasteiger partial charge >= 0.3 is 0 Å². The van der Waals surface area contributed by atoms with E-state index in [1.807, 2.05) is 0 Å². The lowest BCUT2D eigenvalue weighted by atomic mass is 10.3. The van der Waals surface area contributed by atoms with E-state index in [1.54, 1.807) is 6.07 Å². The van der Waals surface area contributed by atoms with Gasteiger partial charge in [-0.25, -0.2) is 13.2 Å². The molecule has 2 nitrogen and oxygen atoms in total. The fourth-order valence-electron chi connectivity index (χ4n) is 1.61. The number of anilines is 1. The molecule has 1 amide bonds. The maximum Gasteiger partial charge on any atom is 0.237 e. The molecule has 1 N–H and O–H groups in total. The lowest BCUT2D eigenvalue weighted by Gasteiger charge is -2.13. The molecule has 0 aliphatic heterocycles. The van der Waals surface area contributed by atoms with Gasteiger partial charge in [-0.1, -0.05) is 12.1 Å². The van der Waals surface area contributed by atoms with Crippen molar-refractivity contribution in [2.24, 2.45) is 0 Å². The van der Waals surface area contributed by atoms with Crippen LogP contribution in [0.2, 0.25) is 0 Å². The second-order valence-corrected chi connectivity index (χ2v) is 5.69. The minimum atomic E-state index is -0.707. The molecule has 0 aromatic heterocycles. The van der Waals surface area contributed by atoms with Crippen molar-refractivity contribution in [1.29, 1.82) is 0 Å². The average molecular weight is 311 g/mol. The summed E-state index contributed by atoms with van der Waals surface area (Å²) in [6.07, 6.45) is 0. The maximum atomic E-state index is 13.5. The number of benzene rings is 2. The van der Waals surface area contributed by atoms with Gasteiger partial charge < -0.3 is 5.32 Å². The summed E-state index contributed by atoms with van der Waals surface area (Å²) in [5, 5.41) is 1.71. The van der Waals surface area contributed by atoms with Crippen LogP contribution >= 0.6 is 11.8 Å². The number of para-hydroxylation sites is 1. The van der Waals surface area contributed by atoms with Crippen LogP contribution in [0.4, 0.5) is 18.9 Å². The van der Waals surface area contributed by atoms with E-state index in [-0.39, 0.29) is 10.6 Å². The topological polar surface area (TPSA) is 29.1 Å². The first kappa shape index (κ1) is 15.4. The Hall–Kier alpha value is -1.95. The van der Waals surface area contributed by atoms with Crippen molar-refractivity contribution in [1.82, 2.24) is 0 Å². The van der Waals surface area contributed by atoms with E-state index in [1.165, 1.54) is 25.1 Å². The Kier molecular flexibility index (Phi) is 4.90. The number of carbonyl (C=O) groups excluding carboxylic acids is 1. The van der Waals surface area contributed by atoms with E-state index in [0.29, 0.717) is 0 Å². The van der Waals surface area contributed by atoms with Crippen LogP contribution in [-0.4, -0.2) is 11.2 Å². The van der Waals surface area contributed by atoms with E-state index < -0.39 is 28.6 Å². The van der Waals surface area contributed by atoms with Crippen LogP contribution in [0, 0.1) is 17.5 Å². The first-order valence-corrected chi connectivity index (χ1v) is 7.02. The Balaban J connectivity index is 2.06. The van der Waals surface area contributed by atoms with E-state index in [0.717, 1.165) is 30.0 Å². The summed E-state index contributed by atoms with van der Waals surface area (Å²) in [5.74, 6) is -2.23. The van der Waals surface area contributed by atoms with Gasteiger partial charge in [0, 0.05) is 4.90 Å². The van der Waals surface area contributed by atoms with E-state index in [2.05, 4.69) is 5.32 Å². The van der Waals surface area contributed by atoms with Crippen LogP contribution < -0.4 is 5.32 Å². The molecule has 2 aromatic rings. The number of halogens is 3. The van der Waals surface area contributed by atoms with Gasteiger partial charge in [0.25, 0.3) is 0 Å². The predicted octanol–water partition coefficient (Wildman–Crippen LogP) is 4.22. The van der Waals surface area contributed by atoms with Crippen molar-refractivity contribution in [2.45, 2.75) is 17.1 Å². The van der Waals surface area contributed by atoms with Gasteiger partial charge in [-0.15, -0.1) is 11.8 Å². The van der Waals surface area contributed by atoms with Crippen molar-refractivity contribution < 1.29 is 18.0 Å². The van der Waals surface area contributed by atoms with Crippen LogP contribution in [0.25, 0.3) is 0 Å². The molecule has 0 saturated heterocycles. The molecule has 0 spiro atoms. The number of carbonyl (C=O) groups is 1. The lowest BCUT2D eigenvalue weighted by molar-refractivity contribution is -0.115. The lowest BCUT2D eigenvalue weighted by Crippen LogP contribution is -2.23. The molecule has 21 heavy (non-hydrogen) atoms. The summed E-state index contributed by atoms with van der Waals surface area (Å²) in [6, 6.07) is 8.76. The third-order valence-electron chi connectivity index (χ3n) is 2.70. The molecule has 0 aliphatic rings. The molecule has 2 rings (SSSR count). The molecule has 2 aromatic carbocycles. The molecule has 0 unspecified atom stereocenters. The number of hydrogen-bond donors (Lipinski definition) is 1. The summed E-state index contributed by atoms with van der Waals surface area (Å²) in [4.78, 5) is 12.0. The van der Waals surface area contributed by atoms with Crippen molar-refractivity contribution >= 4 is 23.4 Å². The largest absolute Gasteiger partial charge is 0.323 e. The SMILES string of the molecule is C[C@@H](Sc1cc(F)ccc1F)C(=O)Nc1ccccc1F. The Morgan fingerprint density at radius 2 is 1.81 bits per heavy atom. The van der Waals surface area contributed by atoms with Gasteiger partial charge in [0.15, 0.2) is 0 Å². The van der Waals surface area contributed by atoms with Crippen molar-refractivity contribution in [3.8, 4) is 0 Å². The normalized spacial score (nSPS) is 12.0. The zero-order valence-electron chi connectivity index (χ0n) is 11.1. The van der Waals surface area contributed by atoms with Crippen LogP contribution in [0.5, 0.6) is 0 Å². The molecule has 0 saturated carbocycles. The van der Waals surface area contributed by atoms with Gasteiger partial charge in [-0.05, 0) is 37.3 Å². The molecule has 0 bridgehead atoms. The Morgan fingerprint density at radius 1 is 1.10 bits per heavy atom. The Morgan fingerprint density at radius 3 is 2.52 bits per heavy atom. The minimum Gasteiger partial charge on any atom is -0.323 e. The second kappa shape index (κ2) is 6.67. The van der Waals surface area contributed by atoms with E-state index >= 15 is 0 Å². The minimum absolute atomic E-state index is 0.0335. The predicted molar refractivity (Wildman–Crippen MR) is 76.7 cm³/mol. The summed E-state index contributed by atoms with van der Waals surface area (Å²) in [5.41, 5.74) is 0.0506. The van der Waals surface area contributed by atoms with Gasteiger partial charge in [-0.3, -0.25) is 4.79 Å². The molecular weight excluding hydrogens is 299 g/mol. The summed E-state index contributed by atoms with van der Waals surface area (Å²) < 4.78 is 40.0. The molecule has 0 aliphatic carbocycles. The van der Waals surface area contributed by atoms with Crippen molar-refractivity contribution in [3.05, 3.63) is 59.9 Å². The van der Waals surface area contributed by atoms with Gasteiger partial charge in [0.05, 0.1) is 10.9 Å². The fraction of sp³-hybridized carbons (Fsp3) is 0.133. The molecule has 0 radical (unpaired) electrons. The van der Waals surface area contributed by atoms with Crippen molar-refractivity contribution in [3.63, 3.8) is 0 Å². The first-order valence-electron chi connectivity index (χ1n) is 6.14. The summed E-state index contributed by atoms with van der Waals surface area (Å²) in [7, 11) is 0. The quantitative estimate of drug-likeness (QED) is 0.856. The van der Waals surface area contributed by atoms with Gasteiger partial charge in [0.2, 0.25) is 5.91 Å². The summed E-state index contributed by atoms with van der Waals surface area (Å²) in [6.45, 7) is 1.53. The van der Waals surface area contributed by atoms with Crippen LogP contribution in [0.1, 0.15) is 6.92 Å². The zero-order chi connectivity index (χ0) is 15.4. The molecule has 0 fully saturated rings. The van der Waals surface area contributed by atoms with Crippen LogP contribution in [-0.2, 0) is 4.79 Å². The number of rotatable bonds is 4. The number of hydrogen-bond acceptors (Lipinski definition) is 2. The number of nitrogens with one attached hydrogen (secondary N) is 1. The number of thioether (sulfide) groups is 1. The Bertz CT molecular complexity index is 663. The molecule has 1 atom stereocenters. The monoisotopic (exact) mass is 311 g/mol. The Labute approximate surface area is 124 Å². The van der Waals surface area contributed by atoms with E-state index in [9.17, 15) is 18.0 Å². The summed E-state index contributed by atoms with van der Waals surface area (Å²) >= 11 is 0.868. The standard InChI is InChI=1S/C15H12F3NOS/c1-9(21-14-8-10(16)6-7-12(14)18)15(20)19-13-5-3-2-4-11(13)17/h2-9H,1H3,(H,19,20)/t9-/m1/s1. The van der Waals surface area contributed by atoms with Crippen molar-refractivity contribution in [2.75, 3.05) is 5.32 Å².